The molecule has 1 heterocycles. The second-order valence-corrected chi connectivity index (χ2v) is 2.61. The van der Waals surface area contributed by atoms with Crippen molar-refractivity contribution in [2.45, 2.75) is 13.8 Å². The first-order valence-corrected chi connectivity index (χ1v) is 3.69. The van der Waals surface area contributed by atoms with Crippen LogP contribution >= 0.6 is 0 Å². The molecular weight excluding hydrogens is 134 g/mol. The molecule has 1 rings (SSSR count). The first-order valence-electron chi connectivity index (χ1n) is 3.69. The molecule has 1 N–H and O–H groups in total. The fourth-order valence-electron chi connectivity index (χ4n) is 0.952. The Kier molecular flexibility index (Phi) is 2.32. The second-order valence-electron chi connectivity index (χ2n) is 2.61. The van der Waals surface area contributed by atoms with E-state index in [1.807, 2.05) is 18.3 Å². The summed E-state index contributed by atoms with van der Waals surface area (Å²) >= 11 is 0. The van der Waals surface area contributed by atoms with Crippen LogP contribution in [0.4, 0.5) is 0 Å². The third kappa shape index (κ3) is 1.61. The predicted molar refractivity (Wildman–Crippen MR) is 49.5 cm³/mol. The molecule has 0 saturated carbocycles. The molecule has 0 aliphatic rings. The third-order valence-electron chi connectivity index (χ3n) is 1.84. The molecule has 0 bridgehead atoms. The van der Waals surface area contributed by atoms with Crippen LogP contribution in [0, 0.1) is 13.8 Å². The van der Waals surface area contributed by atoms with Crippen molar-refractivity contribution in [3.63, 3.8) is 0 Å². The highest BCUT2D eigenvalue weighted by atomic mass is 14.7. The van der Waals surface area contributed by atoms with E-state index in [4.69, 9.17) is 0 Å². The Morgan fingerprint density at radius 1 is 1.45 bits per heavy atom. The maximum Gasteiger partial charge on any atom is 0.0412 e. The number of hydrogen-bond donors (Lipinski definition) is 1. The zero-order valence-electron chi connectivity index (χ0n) is 7.02. The van der Waals surface area contributed by atoms with Gasteiger partial charge in [0.25, 0.3) is 0 Å². The van der Waals surface area contributed by atoms with E-state index < -0.39 is 0 Å². The van der Waals surface area contributed by atoms with Gasteiger partial charge in [0.1, 0.15) is 0 Å². The van der Waals surface area contributed by atoms with Crippen molar-refractivity contribution in [2.24, 2.45) is 0 Å². The van der Waals surface area contributed by atoms with Crippen LogP contribution in [-0.4, -0.2) is 4.98 Å². The highest BCUT2D eigenvalue weighted by Crippen LogP contribution is 2.12. The number of H-pyrrole nitrogens is 1. The van der Waals surface area contributed by atoms with Crippen molar-refractivity contribution in [3.05, 3.63) is 41.7 Å². The Hall–Kier alpha value is -1.24. The number of nitrogens with one attached hydrogen (secondary N) is 1. The van der Waals surface area contributed by atoms with E-state index in [0.29, 0.717) is 0 Å². The monoisotopic (exact) mass is 147 g/mol. The summed E-state index contributed by atoms with van der Waals surface area (Å²) < 4.78 is 0. The first-order chi connectivity index (χ1) is 5.25. The lowest BCUT2D eigenvalue weighted by Gasteiger charge is -1.89. The fraction of sp³-hybridized carbons (Fsp3) is 0.200. The van der Waals surface area contributed by atoms with E-state index in [1.165, 1.54) is 16.8 Å². The van der Waals surface area contributed by atoms with Gasteiger partial charge >= 0.3 is 0 Å². The van der Waals surface area contributed by atoms with E-state index in [2.05, 4.69) is 25.4 Å². The van der Waals surface area contributed by atoms with Gasteiger partial charge in [-0.3, -0.25) is 0 Å². The van der Waals surface area contributed by atoms with Crippen LogP contribution in [0.5, 0.6) is 0 Å². The Morgan fingerprint density at radius 3 is 2.64 bits per heavy atom. The summed E-state index contributed by atoms with van der Waals surface area (Å²) in [5, 5.41) is 0. The van der Waals surface area contributed by atoms with E-state index in [-0.39, 0.29) is 0 Å². The highest BCUT2D eigenvalue weighted by Gasteiger charge is 1.97. The van der Waals surface area contributed by atoms with Crippen LogP contribution in [0.1, 0.15) is 16.8 Å². The summed E-state index contributed by atoms with van der Waals surface area (Å²) in [5.74, 6) is 0. The smallest absolute Gasteiger partial charge is 0.0412 e. The van der Waals surface area contributed by atoms with E-state index >= 15 is 0 Å². The molecule has 1 aromatic rings. The van der Waals surface area contributed by atoms with Crippen LogP contribution < -0.4 is 0 Å². The maximum atomic E-state index is 3.61. The highest BCUT2D eigenvalue weighted by molar-refractivity contribution is 5.52. The Bertz CT molecular complexity index is 279. The molecule has 0 atom stereocenters. The molecule has 0 amide bonds. The molecule has 0 saturated heterocycles. The average molecular weight is 147 g/mol. The molecule has 0 aromatic carbocycles. The normalized spacial score (nSPS) is 10.7. The lowest BCUT2D eigenvalue weighted by Crippen LogP contribution is -1.75. The Morgan fingerprint density at radius 2 is 2.18 bits per heavy atom. The number of aromatic amines is 1. The van der Waals surface area contributed by atoms with Crippen molar-refractivity contribution >= 4 is 6.08 Å². The quantitative estimate of drug-likeness (QED) is 0.619. The van der Waals surface area contributed by atoms with E-state index in [0.717, 1.165) is 0 Å². The fourth-order valence-corrected chi connectivity index (χ4v) is 0.952. The minimum atomic E-state index is 1.17. The van der Waals surface area contributed by atoms with Gasteiger partial charge in [-0.1, -0.05) is 18.7 Å². The summed E-state index contributed by atoms with van der Waals surface area (Å²) in [6.45, 7) is 7.81. The van der Waals surface area contributed by atoms with Crippen molar-refractivity contribution in [1.82, 2.24) is 4.98 Å². The molecule has 0 fully saturated rings. The number of hydrogen-bond acceptors (Lipinski definition) is 0. The summed E-state index contributed by atoms with van der Waals surface area (Å²) in [6.07, 6.45) is 7.74. The molecule has 1 aromatic heterocycles. The molecule has 0 aliphatic carbocycles. The van der Waals surface area contributed by atoms with Gasteiger partial charge < -0.3 is 4.98 Å². The lowest BCUT2D eigenvalue weighted by atomic mass is 10.2. The zero-order chi connectivity index (χ0) is 8.27. The van der Waals surface area contributed by atoms with E-state index in [1.54, 1.807) is 6.08 Å². The molecule has 0 spiro atoms. The maximum absolute atomic E-state index is 3.61. The largest absolute Gasteiger partial charge is 0.361 e. The lowest BCUT2D eigenvalue weighted by molar-refractivity contribution is 1.34. The SMILES string of the molecule is C=C/C=C\c1[nH]cc(C)c1C. The zero-order valence-corrected chi connectivity index (χ0v) is 7.02. The van der Waals surface area contributed by atoms with Gasteiger partial charge in [-0.05, 0) is 31.1 Å². The van der Waals surface area contributed by atoms with Gasteiger partial charge in [0.2, 0.25) is 0 Å². The van der Waals surface area contributed by atoms with Gasteiger partial charge in [0.05, 0.1) is 0 Å². The number of allylic oxidation sites excluding steroid dienone is 2. The minimum absolute atomic E-state index is 1.17. The molecule has 11 heavy (non-hydrogen) atoms. The van der Waals surface area contributed by atoms with Crippen LogP contribution in [0.15, 0.2) is 24.9 Å². The number of rotatable bonds is 2. The molecule has 1 heteroatoms. The van der Waals surface area contributed by atoms with E-state index in [9.17, 15) is 0 Å². The van der Waals surface area contributed by atoms with Crippen LogP contribution in [0.2, 0.25) is 0 Å². The molecule has 58 valence electrons. The summed E-state index contributed by atoms with van der Waals surface area (Å²) in [6, 6.07) is 0. The minimum Gasteiger partial charge on any atom is -0.361 e. The second kappa shape index (κ2) is 3.24. The molecule has 0 aliphatic heterocycles. The molecule has 1 nitrogen and oxygen atoms in total. The van der Waals surface area contributed by atoms with Crippen molar-refractivity contribution < 1.29 is 0 Å². The summed E-state index contributed by atoms with van der Waals surface area (Å²) in [5.41, 5.74) is 3.78. The average Bonchev–Trinajstić information content (AvgIpc) is 2.31. The first kappa shape index (κ1) is 7.86. The van der Waals surface area contributed by atoms with Gasteiger partial charge in [-0.2, -0.15) is 0 Å². The Balaban J connectivity index is 2.95. The summed E-state index contributed by atoms with van der Waals surface area (Å²) in [7, 11) is 0. The van der Waals surface area contributed by atoms with Crippen LogP contribution in [0.25, 0.3) is 6.08 Å². The van der Waals surface area contributed by atoms with Gasteiger partial charge in [-0.15, -0.1) is 0 Å². The molecule has 0 unspecified atom stereocenters. The number of aryl methyl sites for hydroxylation is 1. The topological polar surface area (TPSA) is 15.8 Å². The number of aromatic nitrogens is 1. The van der Waals surface area contributed by atoms with Crippen LogP contribution in [-0.2, 0) is 0 Å². The Labute approximate surface area is 67.5 Å². The third-order valence-corrected chi connectivity index (χ3v) is 1.84. The molecule has 0 radical (unpaired) electrons. The van der Waals surface area contributed by atoms with Gasteiger partial charge in [0, 0.05) is 11.9 Å². The van der Waals surface area contributed by atoms with Crippen LogP contribution in [0.3, 0.4) is 0 Å². The van der Waals surface area contributed by atoms with Crippen molar-refractivity contribution in [3.8, 4) is 0 Å². The molecular formula is C10H13N. The van der Waals surface area contributed by atoms with Crippen molar-refractivity contribution in [1.29, 1.82) is 0 Å². The van der Waals surface area contributed by atoms with Gasteiger partial charge in [-0.25, -0.2) is 0 Å². The standard InChI is InChI=1S/C10H13N/c1-4-5-6-10-9(3)8(2)7-11-10/h4-7,11H,1H2,2-3H3/b6-5-. The van der Waals surface area contributed by atoms with Crippen molar-refractivity contribution in [2.75, 3.05) is 0 Å². The van der Waals surface area contributed by atoms with Gasteiger partial charge in [0.15, 0.2) is 0 Å². The summed E-state index contributed by atoms with van der Waals surface area (Å²) in [4.78, 5) is 3.17. The predicted octanol–water partition coefficient (Wildman–Crippen LogP) is 2.83.